The number of carboxylic acids is 1. The molecule has 0 radical (unpaired) electrons. The lowest BCUT2D eigenvalue weighted by Gasteiger charge is -2.22. The van der Waals surface area contributed by atoms with Gasteiger partial charge in [-0.1, -0.05) is 97.1 Å². The molecule has 4 aromatic rings. The van der Waals surface area contributed by atoms with E-state index in [9.17, 15) is 29.4 Å². The van der Waals surface area contributed by atoms with Crippen LogP contribution in [0.1, 0.15) is 67.7 Å². The fourth-order valence-corrected chi connectivity index (χ4v) is 6.52. The first-order valence-corrected chi connectivity index (χ1v) is 16.8. The monoisotopic (exact) mass is 702 g/mol. The van der Waals surface area contributed by atoms with E-state index >= 15 is 0 Å². The van der Waals surface area contributed by atoms with Crippen LogP contribution in [0.2, 0.25) is 0 Å². The van der Waals surface area contributed by atoms with Gasteiger partial charge in [-0.05, 0) is 65.3 Å². The van der Waals surface area contributed by atoms with Crippen molar-refractivity contribution < 1.29 is 44.0 Å². The molecule has 0 saturated heterocycles. The van der Waals surface area contributed by atoms with Crippen molar-refractivity contribution >= 4 is 35.5 Å². The van der Waals surface area contributed by atoms with Crippen molar-refractivity contribution in [3.8, 4) is 22.3 Å². The van der Waals surface area contributed by atoms with Gasteiger partial charge in [0.25, 0.3) is 0 Å². The van der Waals surface area contributed by atoms with Gasteiger partial charge in [-0.15, -0.1) is 0 Å². The van der Waals surface area contributed by atoms with Crippen molar-refractivity contribution in [3.63, 3.8) is 0 Å². The number of nitrogens with zero attached hydrogens (tertiary/aromatic N) is 2. The van der Waals surface area contributed by atoms with E-state index < -0.39 is 42.4 Å². The van der Waals surface area contributed by atoms with Gasteiger partial charge >= 0.3 is 5.97 Å². The van der Waals surface area contributed by atoms with Crippen molar-refractivity contribution in [2.24, 2.45) is 9.98 Å². The molecule has 2 atom stereocenters. The molecule has 0 aliphatic heterocycles. The van der Waals surface area contributed by atoms with E-state index in [0.29, 0.717) is 0 Å². The van der Waals surface area contributed by atoms with Crippen molar-refractivity contribution in [1.82, 2.24) is 0 Å². The highest BCUT2D eigenvalue weighted by Crippen LogP contribution is 2.45. The van der Waals surface area contributed by atoms with Crippen molar-refractivity contribution in [2.75, 3.05) is 13.2 Å². The number of rotatable bonds is 12. The first-order chi connectivity index (χ1) is 24.9. The predicted octanol–water partition coefficient (Wildman–Crippen LogP) is 4.43. The number of aliphatic imine (C=N–C) groups is 2. The second-order valence-electron chi connectivity index (χ2n) is 12.6. The number of carbonyl (C=O) groups is 4. The molecular formula is C41H38N2O9-2. The fraction of sp³-hybridized carbons (Fsp3) is 0.268. The van der Waals surface area contributed by atoms with Crippen LogP contribution in [0.5, 0.6) is 0 Å². The molecule has 0 saturated carbocycles. The minimum absolute atomic E-state index is 0.0647. The molecule has 0 spiro atoms. The summed E-state index contributed by atoms with van der Waals surface area (Å²) in [7, 11) is 0. The van der Waals surface area contributed by atoms with Crippen LogP contribution in [0.3, 0.4) is 0 Å². The number of hydrogen-bond donors (Lipinski definition) is 1. The first-order valence-electron chi connectivity index (χ1n) is 16.8. The molecule has 2 unspecified atom stereocenters. The number of carboxylic acid groups (broad SMARTS) is 1. The van der Waals surface area contributed by atoms with E-state index in [1.54, 1.807) is 0 Å². The third kappa shape index (κ3) is 8.79. The molecule has 0 bridgehead atoms. The average Bonchev–Trinajstić information content (AvgIpc) is 3.61. The largest absolute Gasteiger partial charge is 0.599 e. The standard InChI is InChI=1S/C21H21NO4.C20H19NO5/c1-13(23)11-20(14(2)24)22-21(25)26-12-19-17-9-5-3-7-15(17)16-8-4-6-10-18(16)19;1-12(22)18(10-19(23)24)21-20(25)26-11-17-15-8-4-2-6-13(15)14-7-3-5-9-16(14)17/h3-10,19-20H,11-12H2,1-2H3,(H,22,25);2-9,17-18H,10-11H2,1H3,(H,21,25)(H,23,24)/p-2. The number of Topliss-reactive ketones (excluding diaryl/α,β-unsaturated/α-hetero) is 3. The normalized spacial score (nSPS) is 14.4. The van der Waals surface area contributed by atoms with Crippen LogP contribution in [0.15, 0.2) is 107 Å². The molecule has 6 rings (SSSR count). The number of benzene rings is 4. The minimum atomic E-state index is -1.22. The van der Waals surface area contributed by atoms with Crippen LogP contribution in [0.25, 0.3) is 22.3 Å². The molecule has 0 heterocycles. The third-order valence-corrected chi connectivity index (χ3v) is 8.98. The number of aliphatic carboxylic acids is 1. The third-order valence-electron chi connectivity index (χ3n) is 8.98. The smallest absolute Gasteiger partial charge is 0.305 e. The molecule has 0 fully saturated rings. The highest BCUT2D eigenvalue weighted by Gasteiger charge is 2.28. The molecular weight excluding hydrogens is 664 g/mol. The van der Waals surface area contributed by atoms with E-state index in [4.69, 9.17) is 14.6 Å². The van der Waals surface area contributed by atoms with Gasteiger partial charge in [0.2, 0.25) is 0 Å². The van der Waals surface area contributed by atoms with Gasteiger partial charge in [0.15, 0.2) is 11.6 Å². The summed E-state index contributed by atoms with van der Waals surface area (Å²) in [5.41, 5.74) is 8.83. The van der Waals surface area contributed by atoms with Crippen molar-refractivity contribution in [2.45, 2.75) is 57.5 Å². The Balaban J connectivity index is 0.000000201. The van der Waals surface area contributed by atoms with Crippen LogP contribution in [0.4, 0.5) is 0 Å². The van der Waals surface area contributed by atoms with Crippen LogP contribution in [-0.4, -0.2) is 65.9 Å². The zero-order chi connectivity index (χ0) is 37.4. The molecule has 0 aromatic heterocycles. The number of fused-ring (bicyclic) bond motifs is 6. The summed E-state index contributed by atoms with van der Waals surface area (Å²) < 4.78 is 10.6. The summed E-state index contributed by atoms with van der Waals surface area (Å²) in [4.78, 5) is 52.3. The average molecular weight is 703 g/mol. The van der Waals surface area contributed by atoms with Gasteiger partial charge in [-0.3, -0.25) is 29.2 Å². The molecule has 2 aliphatic carbocycles. The molecule has 4 aromatic carbocycles. The predicted molar refractivity (Wildman–Crippen MR) is 191 cm³/mol. The molecule has 268 valence electrons. The summed E-state index contributed by atoms with van der Waals surface area (Å²) in [6, 6.07) is 29.7. The van der Waals surface area contributed by atoms with E-state index in [2.05, 4.69) is 22.1 Å². The second kappa shape index (κ2) is 16.7. The van der Waals surface area contributed by atoms with Crippen molar-refractivity contribution in [3.05, 3.63) is 119 Å². The number of ether oxygens (including phenoxy) is 2. The Bertz CT molecular complexity index is 1800. The Labute approximate surface area is 301 Å². The lowest BCUT2D eigenvalue weighted by Crippen LogP contribution is -2.29. The van der Waals surface area contributed by atoms with E-state index in [-0.39, 0.29) is 43.0 Å². The highest BCUT2D eigenvalue weighted by molar-refractivity contribution is 5.90. The van der Waals surface area contributed by atoms with E-state index in [1.165, 1.54) is 20.8 Å². The van der Waals surface area contributed by atoms with Crippen LogP contribution < -0.4 is 10.2 Å². The van der Waals surface area contributed by atoms with Gasteiger partial charge in [0, 0.05) is 31.5 Å². The lowest BCUT2D eigenvalue weighted by molar-refractivity contribution is -0.252. The van der Waals surface area contributed by atoms with Crippen molar-refractivity contribution in [1.29, 1.82) is 0 Å². The molecule has 11 heteroatoms. The number of ketones is 3. The highest BCUT2D eigenvalue weighted by atomic mass is 16.6. The first kappa shape index (κ1) is 37.2. The van der Waals surface area contributed by atoms with Gasteiger partial charge < -0.3 is 24.8 Å². The minimum Gasteiger partial charge on any atom is -0.599 e. The van der Waals surface area contributed by atoms with E-state index in [0.717, 1.165) is 44.5 Å². The molecule has 2 aliphatic rings. The Kier molecular flexibility index (Phi) is 12.0. The molecule has 0 amide bonds. The summed E-state index contributed by atoms with van der Waals surface area (Å²) in [5, 5.41) is 32.9. The SMILES string of the molecule is CC(=O)C(CC(=O)O)N=C([O-])OCC1c2ccccc2-c2ccccc21.CC(=O)CC(N=C([O-])OCC1c2ccccc2-c2ccccc21)C(C)=O. The Morgan fingerprint density at radius 2 is 0.885 bits per heavy atom. The molecule has 1 N–H and O–H groups in total. The zero-order valence-corrected chi connectivity index (χ0v) is 29.0. The lowest BCUT2D eigenvalue weighted by atomic mass is 9.98. The van der Waals surface area contributed by atoms with Crippen LogP contribution in [-0.2, 0) is 28.7 Å². The summed E-state index contributed by atoms with van der Waals surface area (Å²) in [5.74, 6) is -2.38. The molecule has 52 heavy (non-hydrogen) atoms. The van der Waals surface area contributed by atoms with Crippen LogP contribution in [0, 0.1) is 0 Å². The fourth-order valence-electron chi connectivity index (χ4n) is 6.52. The maximum atomic E-state index is 12.1. The molecule has 11 nitrogen and oxygen atoms in total. The Hall–Kier alpha value is -6.10. The summed E-state index contributed by atoms with van der Waals surface area (Å²) >= 11 is 0. The zero-order valence-electron chi connectivity index (χ0n) is 29.0. The maximum absolute atomic E-state index is 12.1. The van der Waals surface area contributed by atoms with Gasteiger partial charge in [0.05, 0.1) is 6.42 Å². The van der Waals surface area contributed by atoms with Gasteiger partial charge in [-0.25, -0.2) is 0 Å². The quantitative estimate of drug-likeness (QED) is 0.165. The Morgan fingerprint density at radius 1 is 0.577 bits per heavy atom. The van der Waals surface area contributed by atoms with Gasteiger partial charge in [0.1, 0.15) is 30.0 Å². The Morgan fingerprint density at radius 3 is 1.17 bits per heavy atom. The van der Waals surface area contributed by atoms with Gasteiger partial charge in [-0.2, -0.15) is 0 Å². The summed E-state index contributed by atoms with van der Waals surface area (Å²) in [6.07, 6.45) is -2.35. The maximum Gasteiger partial charge on any atom is 0.305 e. The van der Waals surface area contributed by atoms with E-state index in [1.807, 2.05) is 84.9 Å². The second-order valence-corrected chi connectivity index (χ2v) is 12.6. The topological polar surface area (TPSA) is 178 Å². The van der Waals surface area contributed by atoms with Crippen LogP contribution >= 0.6 is 0 Å². The summed E-state index contributed by atoms with van der Waals surface area (Å²) in [6.45, 7) is 4.10. The number of carbonyl (C=O) groups excluding carboxylic acids is 3. The number of hydrogen-bond acceptors (Lipinski definition) is 10.